The first-order valence-corrected chi connectivity index (χ1v) is 6.69. The molecule has 1 aliphatic rings. The molecule has 1 fully saturated rings. The first-order valence-electron chi connectivity index (χ1n) is 6.69. The van der Waals surface area contributed by atoms with E-state index in [1.807, 2.05) is 12.1 Å². The first-order chi connectivity index (χ1) is 8.65. The second-order valence-corrected chi connectivity index (χ2v) is 5.41. The highest BCUT2D eigenvalue weighted by Gasteiger charge is 2.30. The van der Waals surface area contributed by atoms with Crippen molar-refractivity contribution in [3.05, 3.63) is 29.6 Å². The quantitative estimate of drug-likeness (QED) is 0.894. The number of benzene rings is 1. The minimum absolute atomic E-state index is 0.160. The second kappa shape index (κ2) is 5.70. The molecule has 2 nitrogen and oxygen atoms in total. The molecule has 3 unspecified atom stereocenters. The minimum Gasteiger partial charge on any atom is -0.497 e. The molecular weight excluding hydrogens is 229 g/mol. The Kier molecular flexibility index (Phi) is 4.23. The van der Waals surface area contributed by atoms with Gasteiger partial charge in [0.1, 0.15) is 11.6 Å². The van der Waals surface area contributed by atoms with Crippen molar-refractivity contribution < 1.29 is 9.13 Å². The molecule has 0 amide bonds. The average Bonchev–Trinajstić information content (AvgIpc) is 2.38. The number of rotatable bonds is 3. The summed E-state index contributed by atoms with van der Waals surface area (Å²) in [7, 11) is 1.56. The molecule has 0 radical (unpaired) electrons. The molecule has 0 aliphatic heterocycles. The zero-order valence-corrected chi connectivity index (χ0v) is 11.2. The largest absolute Gasteiger partial charge is 0.497 e. The van der Waals surface area contributed by atoms with Gasteiger partial charge in [-0.1, -0.05) is 19.4 Å². The Hall–Kier alpha value is -1.09. The summed E-state index contributed by atoms with van der Waals surface area (Å²) < 4.78 is 19.2. The summed E-state index contributed by atoms with van der Waals surface area (Å²) in [6, 6.07) is 5.17. The lowest BCUT2D eigenvalue weighted by Gasteiger charge is -2.34. The summed E-state index contributed by atoms with van der Waals surface area (Å²) in [5, 5.41) is 0. The van der Waals surface area contributed by atoms with E-state index in [0.717, 1.165) is 18.4 Å². The van der Waals surface area contributed by atoms with Crippen LogP contribution in [0.25, 0.3) is 0 Å². The van der Waals surface area contributed by atoms with E-state index < -0.39 is 0 Å². The lowest BCUT2D eigenvalue weighted by atomic mass is 9.71. The molecule has 0 saturated heterocycles. The Morgan fingerprint density at radius 2 is 2.17 bits per heavy atom. The van der Waals surface area contributed by atoms with Gasteiger partial charge >= 0.3 is 0 Å². The molecule has 1 aromatic carbocycles. The lowest BCUT2D eigenvalue weighted by Crippen LogP contribution is -2.28. The number of halogens is 1. The Bertz CT molecular complexity index is 407. The average molecular weight is 251 g/mol. The molecular formula is C15H22FNO. The normalized spacial score (nSPS) is 28.1. The summed E-state index contributed by atoms with van der Waals surface area (Å²) >= 11 is 0. The second-order valence-electron chi connectivity index (χ2n) is 5.41. The third-order valence-electron chi connectivity index (χ3n) is 4.17. The molecule has 3 atom stereocenters. The van der Waals surface area contributed by atoms with Crippen molar-refractivity contribution in [1.29, 1.82) is 0 Å². The molecule has 0 bridgehead atoms. The van der Waals surface area contributed by atoms with E-state index in [-0.39, 0.29) is 11.7 Å². The summed E-state index contributed by atoms with van der Waals surface area (Å²) in [4.78, 5) is 0. The van der Waals surface area contributed by atoms with Crippen molar-refractivity contribution in [1.82, 2.24) is 0 Å². The predicted octanol–water partition coefficient (Wildman–Crippen LogP) is 3.31. The number of hydrogen-bond acceptors (Lipinski definition) is 2. The van der Waals surface area contributed by atoms with Crippen LogP contribution in [-0.2, 0) is 0 Å². The molecule has 18 heavy (non-hydrogen) atoms. The smallest absolute Gasteiger partial charge is 0.130 e. The number of hydrogen-bond donors (Lipinski definition) is 1. The van der Waals surface area contributed by atoms with E-state index in [1.165, 1.54) is 12.5 Å². The van der Waals surface area contributed by atoms with Crippen LogP contribution in [0.5, 0.6) is 5.75 Å². The van der Waals surface area contributed by atoms with Crippen LogP contribution in [0.1, 0.15) is 37.7 Å². The van der Waals surface area contributed by atoms with Crippen LogP contribution in [0.3, 0.4) is 0 Å². The van der Waals surface area contributed by atoms with Gasteiger partial charge in [-0.2, -0.15) is 0 Å². The molecule has 1 saturated carbocycles. The third kappa shape index (κ3) is 2.66. The minimum atomic E-state index is -0.160. The van der Waals surface area contributed by atoms with Crippen LogP contribution in [0, 0.1) is 17.7 Å². The molecule has 1 aromatic rings. The lowest BCUT2D eigenvalue weighted by molar-refractivity contribution is 0.249. The van der Waals surface area contributed by atoms with Crippen LogP contribution in [0.15, 0.2) is 18.2 Å². The number of nitrogens with two attached hydrogens (primary N) is 1. The van der Waals surface area contributed by atoms with Gasteiger partial charge in [-0.3, -0.25) is 0 Å². The monoisotopic (exact) mass is 251 g/mol. The maximum atomic E-state index is 14.1. The number of ether oxygens (including phenoxy) is 1. The molecule has 0 spiro atoms. The van der Waals surface area contributed by atoms with Gasteiger partial charge in [0.25, 0.3) is 0 Å². The highest BCUT2D eigenvalue weighted by molar-refractivity contribution is 5.31. The SMILES string of the molecule is COc1ccc(C2CC(C)CCC2CN)c(F)c1. The van der Waals surface area contributed by atoms with Crippen molar-refractivity contribution in [3.8, 4) is 5.75 Å². The Balaban J connectivity index is 2.27. The van der Waals surface area contributed by atoms with Gasteiger partial charge < -0.3 is 10.5 Å². The van der Waals surface area contributed by atoms with Crippen LogP contribution in [0.2, 0.25) is 0 Å². The standard InChI is InChI=1S/C15H22FNO/c1-10-3-4-11(9-17)14(7-10)13-6-5-12(18-2)8-15(13)16/h5-6,8,10-11,14H,3-4,7,9,17H2,1-2H3. The molecule has 0 aromatic heterocycles. The summed E-state index contributed by atoms with van der Waals surface area (Å²) in [5.41, 5.74) is 6.64. The van der Waals surface area contributed by atoms with Crippen LogP contribution in [-0.4, -0.2) is 13.7 Å². The Labute approximate surface area is 108 Å². The van der Waals surface area contributed by atoms with E-state index in [2.05, 4.69) is 6.92 Å². The molecule has 2 rings (SSSR count). The molecule has 0 heterocycles. The number of methoxy groups -OCH3 is 1. The zero-order valence-electron chi connectivity index (χ0n) is 11.2. The molecule has 1 aliphatic carbocycles. The highest BCUT2D eigenvalue weighted by Crippen LogP contribution is 2.41. The van der Waals surface area contributed by atoms with Gasteiger partial charge in [0.15, 0.2) is 0 Å². The first kappa shape index (κ1) is 13.3. The van der Waals surface area contributed by atoms with E-state index >= 15 is 0 Å². The maximum absolute atomic E-state index is 14.1. The van der Waals surface area contributed by atoms with Crippen molar-refractivity contribution in [2.45, 2.75) is 32.1 Å². The van der Waals surface area contributed by atoms with Gasteiger partial charge in [0.05, 0.1) is 7.11 Å². The van der Waals surface area contributed by atoms with Crippen molar-refractivity contribution in [2.75, 3.05) is 13.7 Å². The fraction of sp³-hybridized carbons (Fsp3) is 0.600. The van der Waals surface area contributed by atoms with Crippen molar-refractivity contribution in [2.24, 2.45) is 17.6 Å². The van der Waals surface area contributed by atoms with Crippen LogP contribution in [0.4, 0.5) is 4.39 Å². The third-order valence-corrected chi connectivity index (χ3v) is 4.17. The predicted molar refractivity (Wildman–Crippen MR) is 71.3 cm³/mol. The van der Waals surface area contributed by atoms with E-state index in [4.69, 9.17) is 10.5 Å². The van der Waals surface area contributed by atoms with Crippen molar-refractivity contribution >= 4 is 0 Å². The van der Waals surface area contributed by atoms with E-state index in [9.17, 15) is 4.39 Å². The van der Waals surface area contributed by atoms with Gasteiger partial charge in [-0.05, 0) is 48.8 Å². The fourth-order valence-electron chi connectivity index (χ4n) is 3.04. The van der Waals surface area contributed by atoms with E-state index in [1.54, 1.807) is 7.11 Å². The van der Waals surface area contributed by atoms with Crippen molar-refractivity contribution in [3.63, 3.8) is 0 Å². The summed E-state index contributed by atoms with van der Waals surface area (Å²) in [5.74, 6) is 1.73. The van der Waals surface area contributed by atoms with Gasteiger partial charge in [-0.25, -0.2) is 4.39 Å². The summed E-state index contributed by atoms with van der Waals surface area (Å²) in [6.45, 7) is 2.88. The van der Waals surface area contributed by atoms with E-state index in [0.29, 0.717) is 24.1 Å². The molecule has 3 heteroatoms. The summed E-state index contributed by atoms with van der Waals surface area (Å²) in [6.07, 6.45) is 3.34. The molecule has 100 valence electrons. The highest BCUT2D eigenvalue weighted by atomic mass is 19.1. The van der Waals surface area contributed by atoms with Crippen LogP contribution >= 0.6 is 0 Å². The molecule has 2 N–H and O–H groups in total. The van der Waals surface area contributed by atoms with Gasteiger partial charge in [0, 0.05) is 6.07 Å². The van der Waals surface area contributed by atoms with Gasteiger partial charge in [-0.15, -0.1) is 0 Å². The van der Waals surface area contributed by atoms with Crippen LogP contribution < -0.4 is 10.5 Å². The topological polar surface area (TPSA) is 35.2 Å². The Morgan fingerprint density at radius 1 is 1.39 bits per heavy atom. The maximum Gasteiger partial charge on any atom is 0.130 e. The fourth-order valence-corrected chi connectivity index (χ4v) is 3.04. The Morgan fingerprint density at radius 3 is 2.78 bits per heavy atom. The zero-order chi connectivity index (χ0) is 13.1. The van der Waals surface area contributed by atoms with Gasteiger partial charge in [0.2, 0.25) is 0 Å².